The van der Waals surface area contributed by atoms with Crippen LogP contribution in [0.5, 0.6) is 0 Å². The van der Waals surface area contributed by atoms with E-state index in [9.17, 15) is 22.8 Å². The number of aryl methyl sites for hydroxylation is 1. The molecule has 10 heteroatoms. The highest BCUT2D eigenvalue weighted by molar-refractivity contribution is 5.85. The van der Waals surface area contributed by atoms with Crippen molar-refractivity contribution in [2.24, 2.45) is 0 Å². The first-order chi connectivity index (χ1) is 11.2. The van der Waals surface area contributed by atoms with Crippen LogP contribution in [0.25, 0.3) is 5.69 Å². The molecule has 1 aromatic carbocycles. The van der Waals surface area contributed by atoms with Gasteiger partial charge in [-0.3, -0.25) is 4.79 Å². The predicted molar refractivity (Wildman–Crippen MR) is 86.0 cm³/mol. The van der Waals surface area contributed by atoms with Gasteiger partial charge in [-0.25, -0.2) is 14.5 Å². The molecule has 0 radical (unpaired) electrons. The van der Waals surface area contributed by atoms with Crippen LogP contribution in [0.3, 0.4) is 0 Å². The Balaban J connectivity index is 0.00000312. The minimum Gasteiger partial charge on any atom is -0.463 e. The van der Waals surface area contributed by atoms with E-state index in [1.807, 2.05) is 0 Å². The van der Waals surface area contributed by atoms with Crippen LogP contribution in [0, 0.1) is 0 Å². The van der Waals surface area contributed by atoms with Crippen molar-refractivity contribution in [2.45, 2.75) is 39.0 Å². The molecule has 0 aliphatic heterocycles. The fourth-order valence-corrected chi connectivity index (χ4v) is 2.21. The van der Waals surface area contributed by atoms with Gasteiger partial charge in [0.05, 0.1) is 11.8 Å². The number of esters is 1. The standard InChI is InChI=1S/C15H16F3N3O3.ClH/c1-9(2)24-12(22)8-7-10-5-3-4-6-11(10)21-13(15(16,17)18)19-20-14(21)23;/h3-6,9H,7-8H2,1-2H3,(H,20,23);1H. The summed E-state index contributed by atoms with van der Waals surface area (Å²) >= 11 is 0. The fourth-order valence-electron chi connectivity index (χ4n) is 2.21. The van der Waals surface area contributed by atoms with Gasteiger partial charge < -0.3 is 4.74 Å². The lowest BCUT2D eigenvalue weighted by Crippen LogP contribution is -2.23. The van der Waals surface area contributed by atoms with Gasteiger partial charge in [-0.15, -0.1) is 17.5 Å². The van der Waals surface area contributed by atoms with Crippen molar-refractivity contribution in [3.63, 3.8) is 0 Å². The molecular formula is C15H17ClF3N3O3. The fraction of sp³-hybridized carbons (Fsp3) is 0.400. The Morgan fingerprint density at radius 3 is 2.56 bits per heavy atom. The molecule has 1 N–H and O–H groups in total. The van der Waals surface area contributed by atoms with Crippen LogP contribution >= 0.6 is 12.4 Å². The summed E-state index contributed by atoms with van der Waals surface area (Å²) in [5.41, 5.74) is -0.562. The molecule has 1 heterocycles. The number of ether oxygens (including phenoxy) is 1. The smallest absolute Gasteiger partial charge is 0.452 e. The number of halogens is 4. The van der Waals surface area contributed by atoms with E-state index in [2.05, 4.69) is 5.10 Å². The molecule has 0 bridgehead atoms. The Labute approximate surface area is 147 Å². The molecule has 138 valence electrons. The molecule has 25 heavy (non-hydrogen) atoms. The summed E-state index contributed by atoms with van der Waals surface area (Å²) in [5, 5.41) is 4.85. The van der Waals surface area contributed by atoms with E-state index >= 15 is 0 Å². The Morgan fingerprint density at radius 2 is 1.96 bits per heavy atom. The molecule has 0 aliphatic rings. The average molecular weight is 380 g/mol. The maximum absolute atomic E-state index is 13.0. The highest BCUT2D eigenvalue weighted by Gasteiger charge is 2.38. The number of hydrogen-bond donors (Lipinski definition) is 1. The van der Waals surface area contributed by atoms with Crippen molar-refractivity contribution >= 4 is 18.4 Å². The van der Waals surface area contributed by atoms with Gasteiger partial charge in [0.25, 0.3) is 0 Å². The SMILES string of the molecule is CC(C)OC(=O)CCc1ccccc1-n1c(C(F)(F)F)n[nH]c1=O.Cl. The van der Waals surface area contributed by atoms with Gasteiger partial charge >= 0.3 is 17.8 Å². The van der Waals surface area contributed by atoms with Crippen LogP contribution < -0.4 is 5.69 Å². The van der Waals surface area contributed by atoms with Crippen molar-refractivity contribution in [3.05, 3.63) is 46.1 Å². The number of nitrogens with one attached hydrogen (secondary N) is 1. The third-order valence-corrected chi connectivity index (χ3v) is 3.12. The molecule has 0 atom stereocenters. The molecule has 2 aromatic rings. The number of rotatable bonds is 5. The summed E-state index contributed by atoms with van der Waals surface area (Å²) in [6.45, 7) is 3.40. The number of aromatic amines is 1. The van der Waals surface area contributed by atoms with E-state index in [-0.39, 0.29) is 37.0 Å². The van der Waals surface area contributed by atoms with E-state index in [1.165, 1.54) is 12.1 Å². The van der Waals surface area contributed by atoms with Gasteiger partial charge in [0.1, 0.15) is 0 Å². The van der Waals surface area contributed by atoms with Crippen molar-refractivity contribution in [1.82, 2.24) is 14.8 Å². The Morgan fingerprint density at radius 1 is 1.32 bits per heavy atom. The van der Waals surface area contributed by atoms with Crippen molar-refractivity contribution in [1.29, 1.82) is 0 Å². The van der Waals surface area contributed by atoms with Gasteiger partial charge in [-0.2, -0.15) is 13.2 Å². The summed E-state index contributed by atoms with van der Waals surface area (Å²) in [7, 11) is 0. The van der Waals surface area contributed by atoms with Gasteiger partial charge in [-0.1, -0.05) is 18.2 Å². The van der Waals surface area contributed by atoms with Gasteiger partial charge in [-0.05, 0) is 31.9 Å². The molecule has 0 aliphatic carbocycles. The van der Waals surface area contributed by atoms with Crippen molar-refractivity contribution in [3.8, 4) is 5.69 Å². The molecule has 1 aromatic heterocycles. The van der Waals surface area contributed by atoms with Gasteiger partial charge in [0.2, 0.25) is 5.82 Å². The van der Waals surface area contributed by atoms with E-state index in [0.717, 1.165) is 0 Å². The molecule has 0 fully saturated rings. The van der Waals surface area contributed by atoms with E-state index < -0.39 is 23.7 Å². The van der Waals surface area contributed by atoms with Crippen LogP contribution in [0.1, 0.15) is 31.7 Å². The number of hydrogen-bond acceptors (Lipinski definition) is 4. The molecule has 6 nitrogen and oxygen atoms in total. The van der Waals surface area contributed by atoms with Crippen LogP contribution in [0.15, 0.2) is 29.1 Å². The minimum atomic E-state index is -4.79. The number of alkyl halides is 3. The van der Waals surface area contributed by atoms with Crippen LogP contribution in [0.4, 0.5) is 13.2 Å². The van der Waals surface area contributed by atoms with E-state index in [1.54, 1.807) is 31.1 Å². The molecule has 0 amide bonds. The Bertz CT molecular complexity index is 784. The number of nitrogens with zero attached hydrogens (tertiary/aromatic N) is 2. The van der Waals surface area contributed by atoms with Gasteiger partial charge in [0, 0.05) is 6.42 Å². The van der Waals surface area contributed by atoms with Gasteiger partial charge in [0.15, 0.2) is 0 Å². The average Bonchev–Trinajstić information content (AvgIpc) is 2.86. The number of carbonyl (C=O) groups is 1. The lowest BCUT2D eigenvalue weighted by atomic mass is 10.1. The second-order valence-electron chi connectivity index (χ2n) is 5.35. The highest BCUT2D eigenvalue weighted by Crippen LogP contribution is 2.29. The van der Waals surface area contributed by atoms with E-state index in [0.29, 0.717) is 10.1 Å². The Hall–Kier alpha value is -2.29. The molecule has 0 spiro atoms. The summed E-state index contributed by atoms with van der Waals surface area (Å²) in [6.07, 6.45) is -4.94. The monoisotopic (exact) mass is 379 g/mol. The van der Waals surface area contributed by atoms with Crippen molar-refractivity contribution < 1.29 is 22.7 Å². The minimum absolute atomic E-state index is 0. The molecule has 2 rings (SSSR count). The summed E-state index contributed by atoms with van der Waals surface area (Å²) in [5.74, 6) is -1.81. The number of benzene rings is 1. The normalized spacial score (nSPS) is 11.3. The van der Waals surface area contributed by atoms with Crippen LogP contribution in [-0.4, -0.2) is 26.8 Å². The summed E-state index contributed by atoms with van der Waals surface area (Å²) < 4.78 is 44.5. The second kappa shape index (κ2) is 8.19. The van der Waals surface area contributed by atoms with Crippen molar-refractivity contribution in [2.75, 3.05) is 0 Å². The number of aromatic nitrogens is 3. The highest BCUT2D eigenvalue weighted by atomic mass is 35.5. The third-order valence-electron chi connectivity index (χ3n) is 3.12. The quantitative estimate of drug-likeness (QED) is 0.810. The van der Waals surface area contributed by atoms with E-state index in [4.69, 9.17) is 4.74 Å². The maximum Gasteiger partial charge on any atom is 0.452 e. The van der Waals surface area contributed by atoms with Crippen LogP contribution in [0.2, 0.25) is 0 Å². The lowest BCUT2D eigenvalue weighted by molar-refractivity contribution is -0.148. The predicted octanol–water partition coefficient (Wildman–Crippen LogP) is 2.89. The third kappa shape index (κ3) is 5.09. The zero-order valence-electron chi connectivity index (χ0n) is 13.5. The topological polar surface area (TPSA) is 77.0 Å². The molecular weight excluding hydrogens is 363 g/mol. The number of carbonyl (C=O) groups excluding carboxylic acids is 1. The first-order valence-electron chi connectivity index (χ1n) is 7.22. The number of para-hydroxylation sites is 1. The maximum atomic E-state index is 13.0. The summed E-state index contributed by atoms with van der Waals surface area (Å²) in [6, 6.07) is 6.04. The first-order valence-corrected chi connectivity index (χ1v) is 7.22. The largest absolute Gasteiger partial charge is 0.463 e. The lowest BCUT2D eigenvalue weighted by Gasteiger charge is -2.13. The molecule has 0 unspecified atom stereocenters. The second-order valence-corrected chi connectivity index (χ2v) is 5.35. The summed E-state index contributed by atoms with van der Waals surface area (Å²) in [4.78, 5) is 23.4. The Kier molecular flexibility index (Phi) is 6.80. The zero-order valence-corrected chi connectivity index (χ0v) is 14.3. The zero-order chi connectivity index (χ0) is 17.9. The number of H-pyrrole nitrogens is 1. The molecule has 0 saturated carbocycles. The first kappa shape index (κ1) is 20.8. The molecule has 0 saturated heterocycles. The van der Waals surface area contributed by atoms with Crippen LogP contribution in [-0.2, 0) is 22.1 Å².